The maximum Gasteiger partial charge on any atom is 0.118 e. The molecule has 0 saturated heterocycles. The first-order chi connectivity index (χ1) is 10.6. The van der Waals surface area contributed by atoms with Crippen LogP contribution in [0.5, 0.6) is 5.75 Å². The average Bonchev–Trinajstić information content (AvgIpc) is 2.54. The van der Waals surface area contributed by atoms with Crippen molar-refractivity contribution >= 4 is 16.6 Å². The number of ether oxygens (including phenoxy) is 1. The molecule has 0 amide bonds. The monoisotopic (exact) mass is 292 g/mol. The number of rotatable bonds is 4. The molecule has 0 radical (unpaired) electrons. The molecule has 0 aliphatic heterocycles. The molecule has 1 aromatic heterocycles. The Kier molecular flexibility index (Phi) is 3.72. The summed E-state index contributed by atoms with van der Waals surface area (Å²) in [5, 5.41) is 4.70. The lowest BCUT2D eigenvalue weighted by Crippen LogP contribution is -2.27. The van der Waals surface area contributed by atoms with Crippen LogP contribution in [0.3, 0.4) is 0 Å². The second kappa shape index (κ2) is 5.68. The number of fused-ring (bicyclic) bond motifs is 1. The molecular weight excluding hydrogens is 272 g/mol. The Labute approximate surface area is 131 Å². The fraction of sp³-hybridized carbons (Fsp3) is 0.211. The van der Waals surface area contributed by atoms with Gasteiger partial charge in [-0.15, -0.1) is 0 Å². The second-order valence-electron chi connectivity index (χ2n) is 5.90. The standard InChI is InChI=1S/C19H20N2O/c1-19(2,15-8-10-17(22-3)11-9-15)21-16-12-14-6-4-5-7-18(14)20-13-16/h4-13,21H,1-3H3. The van der Waals surface area contributed by atoms with Crippen molar-refractivity contribution < 1.29 is 4.74 Å². The van der Waals surface area contributed by atoms with Crippen LogP contribution in [0.2, 0.25) is 0 Å². The summed E-state index contributed by atoms with van der Waals surface area (Å²) in [5.41, 5.74) is 3.02. The van der Waals surface area contributed by atoms with Crippen LogP contribution in [-0.4, -0.2) is 12.1 Å². The van der Waals surface area contributed by atoms with Gasteiger partial charge in [-0.2, -0.15) is 0 Å². The molecule has 112 valence electrons. The Hall–Kier alpha value is -2.55. The molecule has 0 aliphatic carbocycles. The van der Waals surface area contributed by atoms with Crippen LogP contribution in [0.15, 0.2) is 60.8 Å². The first-order valence-corrected chi connectivity index (χ1v) is 7.36. The number of nitrogens with zero attached hydrogens (tertiary/aromatic N) is 1. The van der Waals surface area contributed by atoms with Crippen molar-refractivity contribution in [1.82, 2.24) is 4.98 Å². The lowest BCUT2D eigenvalue weighted by Gasteiger charge is -2.28. The number of methoxy groups -OCH3 is 1. The van der Waals surface area contributed by atoms with Gasteiger partial charge in [0.15, 0.2) is 0 Å². The Bertz CT molecular complexity index is 779. The quantitative estimate of drug-likeness (QED) is 0.763. The van der Waals surface area contributed by atoms with Gasteiger partial charge >= 0.3 is 0 Å². The number of pyridine rings is 1. The second-order valence-corrected chi connectivity index (χ2v) is 5.90. The van der Waals surface area contributed by atoms with Crippen LogP contribution >= 0.6 is 0 Å². The van der Waals surface area contributed by atoms with E-state index in [4.69, 9.17) is 4.74 Å². The summed E-state index contributed by atoms with van der Waals surface area (Å²) in [4.78, 5) is 4.50. The van der Waals surface area contributed by atoms with Crippen LogP contribution in [0, 0.1) is 0 Å². The molecule has 0 aliphatic rings. The highest BCUT2D eigenvalue weighted by Crippen LogP contribution is 2.28. The first-order valence-electron chi connectivity index (χ1n) is 7.36. The zero-order chi connectivity index (χ0) is 15.6. The van der Waals surface area contributed by atoms with E-state index in [0.717, 1.165) is 22.3 Å². The van der Waals surface area contributed by atoms with Gasteiger partial charge in [0.25, 0.3) is 0 Å². The molecule has 3 rings (SSSR count). The van der Waals surface area contributed by atoms with E-state index in [0.29, 0.717) is 0 Å². The molecule has 22 heavy (non-hydrogen) atoms. The molecule has 2 aromatic carbocycles. The smallest absolute Gasteiger partial charge is 0.118 e. The molecule has 3 aromatic rings. The van der Waals surface area contributed by atoms with Crippen molar-refractivity contribution in [3.05, 3.63) is 66.4 Å². The molecule has 1 heterocycles. The van der Waals surface area contributed by atoms with E-state index in [1.165, 1.54) is 5.56 Å². The summed E-state index contributed by atoms with van der Waals surface area (Å²) in [6, 6.07) is 18.4. The van der Waals surface area contributed by atoms with Crippen molar-refractivity contribution in [2.75, 3.05) is 12.4 Å². The first kappa shape index (κ1) is 14.4. The van der Waals surface area contributed by atoms with Crippen molar-refractivity contribution in [1.29, 1.82) is 0 Å². The van der Waals surface area contributed by atoms with Gasteiger partial charge in [0.2, 0.25) is 0 Å². The van der Waals surface area contributed by atoms with Crippen molar-refractivity contribution in [2.45, 2.75) is 19.4 Å². The van der Waals surface area contributed by atoms with Gasteiger partial charge in [0.1, 0.15) is 5.75 Å². The molecule has 3 nitrogen and oxygen atoms in total. The van der Waals surface area contributed by atoms with Crippen LogP contribution in [-0.2, 0) is 5.54 Å². The Balaban J connectivity index is 1.87. The van der Waals surface area contributed by atoms with Gasteiger partial charge in [0, 0.05) is 5.39 Å². The molecule has 0 bridgehead atoms. The Morgan fingerprint density at radius 2 is 1.73 bits per heavy atom. The van der Waals surface area contributed by atoms with Crippen LogP contribution in [0.4, 0.5) is 5.69 Å². The van der Waals surface area contributed by atoms with Crippen LogP contribution in [0.1, 0.15) is 19.4 Å². The number of anilines is 1. The Morgan fingerprint density at radius 3 is 2.45 bits per heavy atom. The van der Waals surface area contributed by atoms with Gasteiger partial charge in [-0.1, -0.05) is 30.3 Å². The highest BCUT2D eigenvalue weighted by molar-refractivity contribution is 5.81. The lowest BCUT2D eigenvalue weighted by atomic mass is 9.94. The van der Waals surface area contributed by atoms with Gasteiger partial charge in [-0.05, 0) is 43.7 Å². The van der Waals surface area contributed by atoms with Crippen molar-refractivity contribution in [2.24, 2.45) is 0 Å². The van der Waals surface area contributed by atoms with E-state index in [1.807, 2.05) is 36.5 Å². The van der Waals surface area contributed by atoms with Crippen molar-refractivity contribution in [3.63, 3.8) is 0 Å². The van der Waals surface area contributed by atoms with Gasteiger partial charge < -0.3 is 10.1 Å². The predicted octanol–water partition coefficient (Wildman–Crippen LogP) is 4.59. The fourth-order valence-electron chi connectivity index (χ4n) is 2.58. The SMILES string of the molecule is COc1ccc(C(C)(C)Nc2cnc3ccccc3c2)cc1. The zero-order valence-electron chi connectivity index (χ0n) is 13.1. The minimum absolute atomic E-state index is 0.198. The topological polar surface area (TPSA) is 34.1 Å². The largest absolute Gasteiger partial charge is 0.497 e. The van der Waals surface area contributed by atoms with Crippen LogP contribution in [0.25, 0.3) is 10.9 Å². The maximum atomic E-state index is 5.22. The number of hydrogen-bond acceptors (Lipinski definition) is 3. The minimum atomic E-state index is -0.198. The molecule has 0 saturated carbocycles. The number of para-hydroxylation sites is 1. The summed E-state index contributed by atoms with van der Waals surface area (Å²) < 4.78 is 5.22. The molecule has 0 atom stereocenters. The molecule has 3 heteroatoms. The average molecular weight is 292 g/mol. The molecule has 0 fully saturated rings. The highest BCUT2D eigenvalue weighted by atomic mass is 16.5. The summed E-state index contributed by atoms with van der Waals surface area (Å²) in [7, 11) is 1.68. The third-order valence-corrected chi connectivity index (χ3v) is 3.86. The summed E-state index contributed by atoms with van der Waals surface area (Å²) in [6.45, 7) is 4.31. The summed E-state index contributed by atoms with van der Waals surface area (Å²) in [5.74, 6) is 0.868. The summed E-state index contributed by atoms with van der Waals surface area (Å²) >= 11 is 0. The molecule has 0 spiro atoms. The zero-order valence-corrected chi connectivity index (χ0v) is 13.1. The number of nitrogens with one attached hydrogen (secondary N) is 1. The highest BCUT2D eigenvalue weighted by Gasteiger charge is 2.20. The van der Waals surface area contributed by atoms with E-state index in [1.54, 1.807) is 7.11 Å². The Morgan fingerprint density at radius 1 is 1.00 bits per heavy atom. The number of hydrogen-bond donors (Lipinski definition) is 1. The van der Waals surface area contributed by atoms with E-state index in [2.05, 4.69) is 48.4 Å². The number of benzene rings is 2. The van der Waals surface area contributed by atoms with Gasteiger partial charge in [-0.25, -0.2) is 0 Å². The van der Waals surface area contributed by atoms with Gasteiger partial charge in [-0.3, -0.25) is 4.98 Å². The maximum absolute atomic E-state index is 5.22. The fourth-order valence-corrected chi connectivity index (χ4v) is 2.58. The predicted molar refractivity (Wildman–Crippen MR) is 91.4 cm³/mol. The lowest BCUT2D eigenvalue weighted by molar-refractivity contribution is 0.414. The summed E-state index contributed by atoms with van der Waals surface area (Å²) in [6.07, 6.45) is 1.88. The normalized spacial score (nSPS) is 11.4. The molecular formula is C19H20N2O. The van der Waals surface area contributed by atoms with E-state index in [9.17, 15) is 0 Å². The van der Waals surface area contributed by atoms with E-state index < -0.39 is 0 Å². The third-order valence-electron chi connectivity index (χ3n) is 3.86. The van der Waals surface area contributed by atoms with E-state index >= 15 is 0 Å². The minimum Gasteiger partial charge on any atom is -0.497 e. The number of aromatic nitrogens is 1. The van der Waals surface area contributed by atoms with E-state index in [-0.39, 0.29) is 5.54 Å². The third kappa shape index (κ3) is 2.89. The van der Waals surface area contributed by atoms with Crippen LogP contribution < -0.4 is 10.1 Å². The van der Waals surface area contributed by atoms with Gasteiger partial charge in [0.05, 0.1) is 30.0 Å². The molecule has 1 N–H and O–H groups in total. The van der Waals surface area contributed by atoms with Crippen molar-refractivity contribution in [3.8, 4) is 5.75 Å². The molecule has 0 unspecified atom stereocenters.